The minimum atomic E-state index is -1.47. The highest BCUT2D eigenvalue weighted by molar-refractivity contribution is 9.11. The Morgan fingerprint density at radius 2 is 0.390 bits per heavy atom. The van der Waals surface area contributed by atoms with Gasteiger partial charge in [-0.3, -0.25) is 33.8 Å². The van der Waals surface area contributed by atoms with E-state index in [2.05, 4.69) is 31.9 Å². The van der Waals surface area contributed by atoms with Crippen molar-refractivity contribution in [2.75, 3.05) is 298 Å². The maximum atomic E-state index is 14.0. The fourth-order valence-electron chi connectivity index (χ4n) is 9.35. The second kappa shape index (κ2) is 76.8. The standard InChI is InChI=1S/C48H80N6O26.C23H39N3O13.C2H4Br2/c1-65-15-19-70-25-29-74-24-23-69-14-8-39(55)54-47(63)51(11-7-42(58)80-38-35-77-32-28-73-22-18-68-4)46(62)53(48(54)64)13-12-52-44(60)49(9-5-40(56)78-36-33-75-30-26-71-20-16-66-2)43(59)50(45(52)61)10-6-41(57)79-37-34-76-31-27-72-21-17-67-3;1-32-7-9-34-11-13-36-15-17-38-19(27)3-5-25-21(29)24-22(30)26(23(25)31)6-4-20(28)39-18-16-37-14-12-35-10-8-33-2;3-1-2-4/h5-38H2,1-4H3;3-18H2,1-2H3,(H,24,29,30);1-2H2. The average Bonchev–Trinajstić information content (AvgIpc) is 0.770. The van der Waals surface area contributed by atoms with Crippen LogP contribution in [0.25, 0.3) is 0 Å². The Morgan fingerprint density at radius 1 is 0.220 bits per heavy atom. The smallest absolute Gasteiger partial charge is 0.343 e. The maximum absolute atomic E-state index is 14.0. The summed E-state index contributed by atoms with van der Waals surface area (Å²) in [5, 5.41) is 2.10. The zero-order valence-electron chi connectivity index (χ0n) is 71.0. The number of aromatic nitrogens is 9. The van der Waals surface area contributed by atoms with Gasteiger partial charge < -0.3 is 114 Å². The first-order valence-electron chi connectivity index (χ1n) is 39.4. The Kier molecular flexibility index (Phi) is 70.9. The second-order valence-corrected chi connectivity index (χ2v) is 26.0. The predicted molar refractivity (Wildman–Crippen MR) is 437 cm³/mol. The summed E-state index contributed by atoms with van der Waals surface area (Å²) in [5.41, 5.74) is -11.0. The number of rotatable bonds is 76. The number of hydrogen-bond acceptors (Lipinski definition) is 39. The van der Waals surface area contributed by atoms with Gasteiger partial charge in [0.05, 0.1) is 263 Å². The average molecular weight is 1910 g/mol. The van der Waals surface area contributed by atoms with Gasteiger partial charge in [0.15, 0.2) is 0 Å². The molecule has 0 bridgehead atoms. The summed E-state index contributed by atoms with van der Waals surface area (Å²) >= 11 is 6.40. The van der Waals surface area contributed by atoms with E-state index in [4.69, 9.17) is 114 Å². The van der Waals surface area contributed by atoms with E-state index >= 15 is 0 Å². The number of nitrogens with one attached hydrogen (secondary N) is 1. The fourth-order valence-corrected chi connectivity index (χ4v) is 9.35. The van der Waals surface area contributed by atoms with E-state index < -0.39 is 145 Å². The topological polar surface area (TPSA) is 533 Å². The van der Waals surface area contributed by atoms with Crippen LogP contribution in [0.4, 0.5) is 0 Å². The number of H-pyrrole nitrogens is 1. The first-order valence-corrected chi connectivity index (χ1v) is 41.6. The number of nitrogens with zero attached hydrogens (tertiary/aromatic N) is 8. The highest BCUT2D eigenvalue weighted by atomic mass is 79.9. The molecule has 50 heteroatoms. The Bertz CT molecular complexity index is 3760. The summed E-state index contributed by atoms with van der Waals surface area (Å²) in [6.07, 6.45) is -2.87. The van der Waals surface area contributed by atoms with Crippen LogP contribution in [0.1, 0.15) is 43.3 Å². The lowest BCUT2D eigenvalue weighted by atomic mass is 10.4. The molecule has 0 fully saturated rings. The molecule has 1 N–H and O–H groups in total. The number of aromatic amines is 1. The highest BCUT2D eigenvalue weighted by Gasteiger charge is 2.24. The zero-order valence-corrected chi connectivity index (χ0v) is 74.2. The summed E-state index contributed by atoms with van der Waals surface area (Å²) in [5.74, 6) is -5.04. The van der Waals surface area contributed by atoms with Gasteiger partial charge >= 0.3 is 81.1 Å². The second-order valence-electron chi connectivity index (χ2n) is 24.4. The first kappa shape index (κ1) is 113. The third-order valence-corrected chi connectivity index (χ3v) is 17.4. The van der Waals surface area contributed by atoms with Crippen LogP contribution in [-0.4, -0.2) is 375 Å². The summed E-state index contributed by atoms with van der Waals surface area (Å²) in [6, 6.07) is 0. The van der Waals surface area contributed by atoms with Crippen LogP contribution in [0.15, 0.2) is 43.2 Å². The number of alkyl halides is 2. The van der Waals surface area contributed by atoms with Crippen molar-refractivity contribution in [2.24, 2.45) is 0 Å². The molecule has 3 heterocycles. The van der Waals surface area contributed by atoms with Crippen molar-refractivity contribution < 1.29 is 142 Å². The summed E-state index contributed by atoms with van der Waals surface area (Å²) in [7, 11) is 9.27. The van der Waals surface area contributed by atoms with Crippen molar-refractivity contribution in [1.82, 2.24) is 41.5 Å². The molecule has 708 valence electrons. The molecule has 0 saturated carbocycles. The molecule has 0 aromatic carbocycles. The summed E-state index contributed by atoms with van der Waals surface area (Å²) in [6.45, 7) is 3.29. The molecule has 123 heavy (non-hydrogen) atoms. The molecule has 0 aliphatic heterocycles. The van der Waals surface area contributed by atoms with Crippen LogP contribution in [0.2, 0.25) is 0 Å². The van der Waals surface area contributed by atoms with Gasteiger partial charge in [0.2, 0.25) is 5.91 Å². The van der Waals surface area contributed by atoms with Crippen molar-refractivity contribution in [1.29, 1.82) is 0 Å². The maximum Gasteiger partial charge on any atom is 0.343 e. The van der Waals surface area contributed by atoms with Crippen LogP contribution in [0.5, 0.6) is 0 Å². The molecule has 3 aromatic heterocycles. The van der Waals surface area contributed by atoms with Gasteiger partial charge in [-0.05, 0) is 0 Å². The van der Waals surface area contributed by atoms with Crippen LogP contribution >= 0.6 is 31.9 Å². The molecule has 0 aliphatic rings. The number of hydrogen-bond donors (Lipinski definition) is 1. The monoisotopic (exact) mass is 1910 g/mol. The molecule has 3 aromatic rings. The van der Waals surface area contributed by atoms with E-state index in [1.54, 1.807) is 14.2 Å². The van der Waals surface area contributed by atoms with Crippen LogP contribution < -0.4 is 51.2 Å². The van der Waals surface area contributed by atoms with E-state index in [1.165, 1.54) is 28.4 Å². The molecular weight excluding hydrogens is 1790 g/mol. The van der Waals surface area contributed by atoms with Gasteiger partial charge in [-0.25, -0.2) is 75.1 Å². The van der Waals surface area contributed by atoms with E-state index in [0.717, 1.165) is 10.7 Å². The van der Waals surface area contributed by atoms with Gasteiger partial charge in [0.25, 0.3) is 0 Å². The zero-order chi connectivity index (χ0) is 90.7. The first-order chi connectivity index (χ1) is 59.6. The number of esters is 5. The molecule has 0 spiro atoms. The lowest BCUT2D eigenvalue weighted by Gasteiger charge is -2.16. The number of carbonyl (C=O) groups excluding carboxylic acids is 6. The van der Waals surface area contributed by atoms with Gasteiger partial charge in [0, 0.05) is 86.0 Å². The number of halogens is 2. The molecule has 0 amide bonds. The van der Waals surface area contributed by atoms with Crippen molar-refractivity contribution in [3.8, 4) is 0 Å². The van der Waals surface area contributed by atoms with Crippen LogP contribution in [0.3, 0.4) is 0 Å². The lowest BCUT2D eigenvalue weighted by Crippen LogP contribution is -2.58. The van der Waals surface area contributed by atoms with E-state index in [9.17, 15) is 71.9 Å². The van der Waals surface area contributed by atoms with E-state index in [0.29, 0.717) is 144 Å². The van der Waals surface area contributed by atoms with Crippen molar-refractivity contribution in [2.45, 2.75) is 84.3 Å². The Balaban J connectivity index is 0.00000146. The number of carbonyl (C=O) groups is 6. The summed E-state index contributed by atoms with van der Waals surface area (Å²) in [4.78, 5) is 198. The lowest BCUT2D eigenvalue weighted by molar-refractivity contribution is -0.146. The fraction of sp³-hybridized carbons (Fsp3) is 0.795. The largest absolute Gasteiger partial charge is 0.463 e. The van der Waals surface area contributed by atoms with Crippen molar-refractivity contribution in [3.63, 3.8) is 0 Å². The van der Waals surface area contributed by atoms with E-state index in [-0.39, 0.29) is 163 Å². The Hall–Kier alpha value is -7.55. The molecule has 0 aliphatic carbocycles. The number of methoxy groups -OCH3 is 6. The number of ether oxygens (including phenoxy) is 24. The Labute approximate surface area is 724 Å². The molecule has 3 rings (SSSR count). The SMILES string of the molecule is BrCCBr.COCCOCCOCCOC(=O)CCn1c(=O)[nH]c(=O)n(CCC(=O)OCCOCCOCCOC)c1=O.COCCOCCOCCOCCC(=O)n1c(=O)n(CCC(=O)OCCOCCOCCOC)c(=O)n(CCn2c(=O)n(CCC(=O)OCCOCCOCCOC)c(=O)n(CCC(=O)OCCOCCOCCOC)c2=O)c1=O. The minimum Gasteiger partial charge on any atom is -0.463 e. The third kappa shape index (κ3) is 54.2. The van der Waals surface area contributed by atoms with Crippen LogP contribution in [0, 0.1) is 0 Å². The quantitative estimate of drug-likeness (QED) is 0.0241. The minimum absolute atomic E-state index is 0.00850. The van der Waals surface area contributed by atoms with Gasteiger partial charge in [0.1, 0.15) is 33.0 Å². The molecule has 0 unspecified atom stereocenters. The molecular formula is C73H123Br2N9O39. The Morgan fingerprint density at radius 3 is 0.610 bits per heavy atom. The normalized spacial score (nSPS) is 11.1. The molecule has 0 atom stereocenters. The van der Waals surface area contributed by atoms with Crippen molar-refractivity contribution in [3.05, 3.63) is 94.4 Å². The predicted octanol–water partition coefficient (Wildman–Crippen LogP) is -4.38. The van der Waals surface area contributed by atoms with Crippen molar-refractivity contribution >= 4 is 67.6 Å². The molecule has 0 radical (unpaired) electrons. The van der Waals surface area contributed by atoms with Gasteiger partial charge in [-0.2, -0.15) is 4.57 Å². The summed E-state index contributed by atoms with van der Waals surface area (Å²) < 4.78 is 128. The molecule has 48 nitrogen and oxygen atoms in total. The van der Waals surface area contributed by atoms with Crippen LogP contribution in [-0.2, 0) is 183 Å². The van der Waals surface area contributed by atoms with Gasteiger partial charge in [-0.1, -0.05) is 31.9 Å². The van der Waals surface area contributed by atoms with E-state index in [1.807, 2.05) is 4.98 Å². The van der Waals surface area contributed by atoms with Gasteiger partial charge in [-0.15, -0.1) is 0 Å². The molecule has 0 saturated heterocycles. The third-order valence-electron chi connectivity index (χ3n) is 15.5. The highest BCUT2D eigenvalue weighted by Crippen LogP contribution is 1.99.